The third kappa shape index (κ3) is 4.31. The minimum Gasteiger partial charge on any atom is -0.497 e. The highest BCUT2D eigenvalue weighted by atomic mass is 79.9. The Bertz CT molecular complexity index is 883. The van der Waals surface area contributed by atoms with Crippen molar-refractivity contribution in [2.45, 2.75) is 6.61 Å². The zero-order valence-electron chi connectivity index (χ0n) is 13.3. The average molecular weight is 400 g/mol. The smallest absolute Gasteiger partial charge is 0.236 e. The maximum absolute atomic E-state index is 9.23. The number of rotatable bonds is 6. The standard InChI is InChI=1S/C18H14BrN3O3/c1-23-14-8-4-13(5-9-14)21-18-16(10-20)22-17(25-18)11-24-15-6-2-12(19)3-7-15/h2-9,21H,11H2,1H3. The van der Waals surface area contributed by atoms with Crippen LogP contribution in [-0.2, 0) is 6.61 Å². The molecule has 1 heterocycles. The van der Waals surface area contributed by atoms with Crippen molar-refractivity contribution in [2.75, 3.05) is 12.4 Å². The first kappa shape index (κ1) is 16.9. The molecule has 0 fully saturated rings. The second kappa shape index (κ2) is 7.73. The molecule has 0 amide bonds. The van der Waals surface area contributed by atoms with E-state index in [-0.39, 0.29) is 18.2 Å². The Labute approximate surface area is 153 Å². The molecule has 1 aromatic heterocycles. The molecule has 0 aliphatic rings. The van der Waals surface area contributed by atoms with Gasteiger partial charge in [0.2, 0.25) is 17.5 Å². The molecule has 6 nitrogen and oxygen atoms in total. The molecule has 0 atom stereocenters. The van der Waals surface area contributed by atoms with Crippen LogP contribution in [0.5, 0.6) is 11.5 Å². The molecule has 0 bridgehead atoms. The number of nitrogens with zero attached hydrogens (tertiary/aromatic N) is 2. The molecule has 0 saturated heterocycles. The normalized spacial score (nSPS) is 10.1. The van der Waals surface area contributed by atoms with Gasteiger partial charge in [0, 0.05) is 10.2 Å². The van der Waals surface area contributed by atoms with Gasteiger partial charge < -0.3 is 19.2 Å². The van der Waals surface area contributed by atoms with Crippen molar-refractivity contribution in [3.63, 3.8) is 0 Å². The van der Waals surface area contributed by atoms with E-state index < -0.39 is 0 Å². The zero-order chi connectivity index (χ0) is 17.6. The van der Waals surface area contributed by atoms with E-state index in [9.17, 15) is 5.26 Å². The quantitative estimate of drug-likeness (QED) is 0.650. The van der Waals surface area contributed by atoms with E-state index in [0.717, 1.165) is 15.9 Å². The lowest BCUT2D eigenvalue weighted by atomic mass is 10.3. The van der Waals surface area contributed by atoms with Crippen molar-refractivity contribution in [3.8, 4) is 17.6 Å². The number of benzene rings is 2. The fourth-order valence-electron chi connectivity index (χ4n) is 2.07. The number of anilines is 2. The Hall–Kier alpha value is -2.98. The lowest BCUT2D eigenvalue weighted by Crippen LogP contribution is -1.95. The Morgan fingerprint density at radius 2 is 1.80 bits per heavy atom. The minimum absolute atomic E-state index is 0.126. The van der Waals surface area contributed by atoms with Crippen molar-refractivity contribution in [3.05, 3.63) is 64.6 Å². The molecule has 126 valence electrons. The Morgan fingerprint density at radius 3 is 2.44 bits per heavy atom. The molecular formula is C18H14BrN3O3. The van der Waals surface area contributed by atoms with Gasteiger partial charge in [-0.2, -0.15) is 10.2 Å². The summed E-state index contributed by atoms with van der Waals surface area (Å²) >= 11 is 3.37. The number of aromatic nitrogens is 1. The lowest BCUT2D eigenvalue weighted by molar-refractivity contribution is 0.265. The summed E-state index contributed by atoms with van der Waals surface area (Å²) in [4.78, 5) is 4.14. The molecule has 0 saturated carbocycles. The van der Waals surface area contributed by atoms with E-state index in [2.05, 4.69) is 26.2 Å². The van der Waals surface area contributed by atoms with E-state index in [0.29, 0.717) is 11.6 Å². The van der Waals surface area contributed by atoms with Crippen molar-refractivity contribution < 1.29 is 13.9 Å². The first-order valence-electron chi connectivity index (χ1n) is 7.37. The first-order valence-corrected chi connectivity index (χ1v) is 8.16. The molecule has 25 heavy (non-hydrogen) atoms. The summed E-state index contributed by atoms with van der Waals surface area (Å²) in [7, 11) is 1.60. The molecule has 0 radical (unpaired) electrons. The Morgan fingerprint density at radius 1 is 1.12 bits per heavy atom. The number of hydrogen-bond acceptors (Lipinski definition) is 6. The van der Waals surface area contributed by atoms with Gasteiger partial charge in [-0.15, -0.1) is 0 Å². The lowest BCUT2D eigenvalue weighted by Gasteiger charge is -2.05. The topological polar surface area (TPSA) is 80.3 Å². The molecule has 0 aliphatic carbocycles. The van der Waals surface area contributed by atoms with Gasteiger partial charge in [0.05, 0.1) is 7.11 Å². The van der Waals surface area contributed by atoms with E-state index in [1.165, 1.54) is 0 Å². The summed E-state index contributed by atoms with van der Waals surface area (Å²) < 4.78 is 17.3. The molecule has 0 unspecified atom stereocenters. The second-order valence-electron chi connectivity index (χ2n) is 4.99. The average Bonchev–Trinajstić information content (AvgIpc) is 3.04. The number of oxazole rings is 1. The molecule has 0 aliphatic heterocycles. The monoisotopic (exact) mass is 399 g/mol. The molecule has 3 rings (SSSR count). The number of halogens is 1. The molecular weight excluding hydrogens is 386 g/mol. The van der Waals surface area contributed by atoms with E-state index >= 15 is 0 Å². The highest BCUT2D eigenvalue weighted by molar-refractivity contribution is 9.10. The van der Waals surface area contributed by atoms with Crippen LogP contribution in [-0.4, -0.2) is 12.1 Å². The van der Waals surface area contributed by atoms with Crippen LogP contribution in [0, 0.1) is 11.3 Å². The fourth-order valence-corrected chi connectivity index (χ4v) is 2.33. The van der Waals surface area contributed by atoms with Crippen molar-refractivity contribution >= 4 is 27.5 Å². The van der Waals surface area contributed by atoms with Crippen molar-refractivity contribution in [2.24, 2.45) is 0 Å². The van der Waals surface area contributed by atoms with Gasteiger partial charge in [-0.1, -0.05) is 15.9 Å². The number of nitriles is 1. The predicted octanol–water partition coefficient (Wildman–Crippen LogP) is 4.64. The molecule has 1 N–H and O–H groups in total. The maximum atomic E-state index is 9.23. The molecule has 0 spiro atoms. The summed E-state index contributed by atoms with van der Waals surface area (Å²) in [6.45, 7) is 0.126. The third-order valence-electron chi connectivity index (χ3n) is 3.30. The summed E-state index contributed by atoms with van der Waals surface area (Å²) in [5, 5.41) is 12.3. The van der Waals surface area contributed by atoms with Crippen LogP contribution in [0.25, 0.3) is 0 Å². The predicted molar refractivity (Wildman–Crippen MR) is 96.0 cm³/mol. The van der Waals surface area contributed by atoms with Crippen LogP contribution in [0.3, 0.4) is 0 Å². The van der Waals surface area contributed by atoms with Crippen LogP contribution in [0.1, 0.15) is 11.6 Å². The summed E-state index contributed by atoms with van der Waals surface area (Å²) in [6.07, 6.45) is 0. The van der Waals surface area contributed by atoms with Crippen LogP contribution in [0.15, 0.2) is 57.4 Å². The van der Waals surface area contributed by atoms with E-state index in [1.807, 2.05) is 54.6 Å². The second-order valence-corrected chi connectivity index (χ2v) is 5.91. The molecule has 7 heteroatoms. The highest BCUT2D eigenvalue weighted by Gasteiger charge is 2.14. The maximum Gasteiger partial charge on any atom is 0.236 e. The van der Waals surface area contributed by atoms with Crippen LogP contribution in [0.4, 0.5) is 11.6 Å². The number of ether oxygens (including phenoxy) is 2. The van der Waals surface area contributed by atoms with Gasteiger partial charge >= 0.3 is 0 Å². The largest absolute Gasteiger partial charge is 0.497 e. The molecule has 2 aromatic carbocycles. The first-order chi connectivity index (χ1) is 12.2. The minimum atomic E-state index is 0.126. The summed E-state index contributed by atoms with van der Waals surface area (Å²) in [6, 6.07) is 16.7. The van der Waals surface area contributed by atoms with E-state index in [1.54, 1.807) is 7.11 Å². The van der Waals surface area contributed by atoms with Gasteiger partial charge in [-0.25, -0.2) is 0 Å². The number of nitrogens with one attached hydrogen (secondary N) is 1. The zero-order valence-corrected chi connectivity index (χ0v) is 14.9. The van der Waals surface area contributed by atoms with Crippen molar-refractivity contribution in [1.82, 2.24) is 4.98 Å². The number of methoxy groups -OCH3 is 1. The highest BCUT2D eigenvalue weighted by Crippen LogP contribution is 2.24. The van der Waals surface area contributed by atoms with Gasteiger partial charge in [0.1, 0.15) is 17.6 Å². The van der Waals surface area contributed by atoms with E-state index in [4.69, 9.17) is 13.9 Å². The fraction of sp³-hybridized carbons (Fsp3) is 0.111. The number of hydrogen-bond donors (Lipinski definition) is 1. The van der Waals surface area contributed by atoms with Gasteiger partial charge in [0.25, 0.3) is 0 Å². The Balaban J connectivity index is 1.70. The summed E-state index contributed by atoms with van der Waals surface area (Å²) in [5.74, 6) is 2.02. The SMILES string of the molecule is COc1ccc(Nc2oc(COc3ccc(Br)cc3)nc2C#N)cc1. The van der Waals surface area contributed by atoms with Crippen LogP contribution >= 0.6 is 15.9 Å². The van der Waals surface area contributed by atoms with Crippen molar-refractivity contribution in [1.29, 1.82) is 5.26 Å². The van der Waals surface area contributed by atoms with Gasteiger partial charge in [-0.05, 0) is 48.5 Å². The summed E-state index contributed by atoms with van der Waals surface area (Å²) in [5.41, 5.74) is 0.930. The Kier molecular flexibility index (Phi) is 5.21. The molecule has 3 aromatic rings. The van der Waals surface area contributed by atoms with Crippen LogP contribution < -0.4 is 14.8 Å². The van der Waals surface area contributed by atoms with Gasteiger partial charge in [-0.3, -0.25) is 0 Å². The van der Waals surface area contributed by atoms with Crippen LogP contribution in [0.2, 0.25) is 0 Å². The van der Waals surface area contributed by atoms with Gasteiger partial charge in [0.15, 0.2) is 6.61 Å². The third-order valence-corrected chi connectivity index (χ3v) is 3.83.